The first kappa shape index (κ1) is 13.2. The van der Waals surface area contributed by atoms with Gasteiger partial charge in [0.2, 0.25) is 0 Å². The second-order valence-corrected chi connectivity index (χ2v) is 5.63. The zero-order valence-electron chi connectivity index (χ0n) is 11.4. The summed E-state index contributed by atoms with van der Waals surface area (Å²) in [5.41, 5.74) is 4.56. The number of carbonyl (C=O) groups is 1. The molecule has 1 heterocycles. The molecule has 0 bridgehead atoms. The predicted molar refractivity (Wildman–Crippen MR) is 82.7 cm³/mol. The van der Waals surface area contributed by atoms with Crippen LogP contribution in [0.1, 0.15) is 28.4 Å². The highest BCUT2D eigenvalue weighted by atomic mass is 35.5. The summed E-state index contributed by atoms with van der Waals surface area (Å²) in [6, 6.07) is 14.0. The second-order valence-electron chi connectivity index (χ2n) is 5.20. The van der Waals surface area contributed by atoms with E-state index in [0.717, 1.165) is 30.1 Å². The molecule has 0 aliphatic carbocycles. The molecular formula is C17H16ClNO. The summed E-state index contributed by atoms with van der Waals surface area (Å²) in [7, 11) is 0. The fraction of sp³-hybridized carbons (Fsp3) is 0.235. The van der Waals surface area contributed by atoms with Gasteiger partial charge < -0.3 is 4.90 Å². The van der Waals surface area contributed by atoms with Gasteiger partial charge in [-0.25, -0.2) is 0 Å². The van der Waals surface area contributed by atoms with Gasteiger partial charge in [0, 0.05) is 29.4 Å². The summed E-state index contributed by atoms with van der Waals surface area (Å²) < 4.78 is 0. The van der Waals surface area contributed by atoms with E-state index in [9.17, 15) is 4.79 Å². The lowest BCUT2D eigenvalue weighted by Gasteiger charge is -2.19. The number of anilines is 1. The maximum Gasteiger partial charge on any atom is 0.159 e. The van der Waals surface area contributed by atoms with Crippen molar-refractivity contribution in [3.05, 3.63) is 64.2 Å². The number of halogens is 1. The van der Waals surface area contributed by atoms with E-state index < -0.39 is 0 Å². The summed E-state index contributed by atoms with van der Waals surface area (Å²) in [4.78, 5) is 13.8. The van der Waals surface area contributed by atoms with Crippen LogP contribution in [0.4, 0.5) is 5.69 Å². The van der Waals surface area contributed by atoms with E-state index in [2.05, 4.69) is 23.1 Å². The molecule has 0 unspecified atom stereocenters. The maximum absolute atomic E-state index is 11.4. The number of hydrogen-bond donors (Lipinski definition) is 0. The van der Waals surface area contributed by atoms with Crippen LogP contribution in [-0.4, -0.2) is 12.3 Å². The Balaban J connectivity index is 1.82. The Kier molecular flexibility index (Phi) is 3.49. The number of benzene rings is 2. The number of ketones is 1. The van der Waals surface area contributed by atoms with Crippen molar-refractivity contribution in [3.8, 4) is 0 Å². The van der Waals surface area contributed by atoms with E-state index in [1.54, 1.807) is 6.92 Å². The van der Waals surface area contributed by atoms with Crippen LogP contribution in [0, 0.1) is 0 Å². The Labute approximate surface area is 124 Å². The number of carbonyl (C=O) groups excluding carboxylic acids is 1. The third kappa shape index (κ3) is 2.56. The summed E-state index contributed by atoms with van der Waals surface area (Å²) >= 11 is 5.91. The molecule has 1 aliphatic rings. The topological polar surface area (TPSA) is 20.3 Å². The summed E-state index contributed by atoms with van der Waals surface area (Å²) in [6.45, 7) is 3.49. The molecule has 1 aliphatic heterocycles. The van der Waals surface area contributed by atoms with Crippen LogP contribution in [0.3, 0.4) is 0 Å². The third-order valence-corrected chi connectivity index (χ3v) is 4.02. The molecule has 2 nitrogen and oxygen atoms in total. The van der Waals surface area contributed by atoms with Crippen LogP contribution in [0.15, 0.2) is 42.5 Å². The van der Waals surface area contributed by atoms with Gasteiger partial charge >= 0.3 is 0 Å². The van der Waals surface area contributed by atoms with E-state index in [1.165, 1.54) is 16.8 Å². The molecule has 0 fully saturated rings. The van der Waals surface area contributed by atoms with Crippen LogP contribution in [0.5, 0.6) is 0 Å². The molecule has 0 atom stereocenters. The smallest absolute Gasteiger partial charge is 0.159 e. The van der Waals surface area contributed by atoms with Gasteiger partial charge in [0.05, 0.1) is 0 Å². The van der Waals surface area contributed by atoms with Crippen LogP contribution < -0.4 is 4.90 Å². The highest BCUT2D eigenvalue weighted by Crippen LogP contribution is 2.30. The first-order chi connectivity index (χ1) is 9.63. The van der Waals surface area contributed by atoms with Crippen molar-refractivity contribution in [2.45, 2.75) is 19.9 Å². The lowest BCUT2D eigenvalue weighted by molar-refractivity contribution is 0.101. The van der Waals surface area contributed by atoms with Gasteiger partial charge in [-0.2, -0.15) is 0 Å². The van der Waals surface area contributed by atoms with Crippen molar-refractivity contribution >= 4 is 23.1 Å². The first-order valence-corrected chi connectivity index (χ1v) is 7.14. The van der Waals surface area contributed by atoms with Gasteiger partial charge in [-0.15, -0.1) is 0 Å². The number of rotatable bonds is 3. The van der Waals surface area contributed by atoms with Crippen molar-refractivity contribution in [2.24, 2.45) is 0 Å². The van der Waals surface area contributed by atoms with Crippen LogP contribution in [0.2, 0.25) is 5.02 Å². The quantitative estimate of drug-likeness (QED) is 0.791. The molecule has 0 spiro atoms. The molecule has 0 saturated carbocycles. The molecular weight excluding hydrogens is 270 g/mol. The van der Waals surface area contributed by atoms with E-state index in [1.807, 2.05) is 24.3 Å². The third-order valence-electron chi connectivity index (χ3n) is 3.76. The van der Waals surface area contributed by atoms with Gasteiger partial charge in [0.1, 0.15) is 0 Å². The van der Waals surface area contributed by atoms with Crippen molar-refractivity contribution < 1.29 is 4.79 Å². The van der Waals surface area contributed by atoms with Crippen molar-refractivity contribution in [1.29, 1.82) is 0 Å². The minimum absolute atomic E-state index is 0.129. The Morgan fingerprint density at radius 1 is 1.20 bits per heavy atom. The van der Waals surface area contributed by atoms with Gasteiger partial charge in [-0.1, -0.05) is 23.7 Å². The molecule has 3 rings (SSSR count). The van der Waals surface area contributed by atoms with E-state index in [0.29, 0.717) is 0 Å². The van der Waals surface area contributed by atoms with Gasteiger partial charge in [0.15, 0.2) is 5.78 Å². The largest absolute Gasteiger partial charge is 0.367 e. The predicted octanol–water partition coefficient (Wildman–Crippen LogP) is 4.11. The average molecular weight is 286 g/mol. The SMILES string of the molecule is CC(=O)c1ccc2c(c1)CCN2Cc1ccc(Cl)cc1. The standard InChI is InChI=1S/C17H16ClNO/c1-12(20)14-4-7-17-15(10-14)8-9-19(17)11-13-2-5-16(18)6-3-13/h2-7,10H,8-9,11H2,1H3. The molecule has 2 aromatic carbocycles. The van der Waals surface area contributed by atoms with E-state index in [-0.39, 0.29) is 5.78 Å². The first-order valence-electron chi connectivity index (χ1n) is 6.77. The normalized spacial score (nSPS) is 13.4. The van der Waals surface area contributed by atoms with Crippen LogP contribution in [-0.2, 0) is 13.0 Å². The fourth-order valence-electron chi connectivity index (χ4n) is 2.66. The minimum Gasteiger partial charge on any atom is -0.367 e. The summed E-state index contributed by atoms with van der Waals surface area (Å²) in [6.07, 6.45) is 1.00. The van der Waals surface area contributed by atoms with Crippen molar-refractivity contribution in [2.75, 3.05) is 11.4 Å². The monoisotopic (exact) mass is 285 g/mol. The highest BCUT2D eigenvalue weighted by Gasteiger charge is 2.19. The van der Waals surface area contributed by atoms with E-state index >= 15 is 0 Å². The number of nitrogens with zero attached hydrogens (tertiary/aromatic N) is 1. The molecule has 2 aromatic rings. The second kappa shape index (κ2) is 5.29. The minimum atomic E-state index is 0.129. The Bertz CT molecular complexity index is 649. The van der Waals surface area contributed by atoms with E-state index in [4.69, 9.17) is 11.6 Å². The molecule has 0 aromatic heterocycles. The van der Waals surface area contributed by atoms with Crippen molar-refractivity contribution in [3.63, 3.8) is 0 Å². The maximum atomic E-state index is 11.4. The Morgan fingerprint density at radius 2 is 1.95 bits per heavy atom. The molecule has 0 saturated heterocycles. The average Bonchev–Trinajstić information content (AvgIpc) is 2.84. The van der Waals surface area contributed by atoms with Crippen LogP contribution >= 0.6 is 11.6 Å². The number of hydrogen-bond acceptors (Lipinski definition) is 2. The number of Topliss-reactive ketones (excluding diaryl/α,β-unsaturated/α-hetero) is 1. The lowest BCUT2D eigenvalue weighted by atomic mass is 10.1. The van der Waals surface area contributed by atoms with Crippen molar-refractivity contribution in [1.82, 2.24) is 0 Å². The fourth-order valence-corrected chi connectivity index (χ4v) is 2.79. The highest BCUT2D eigenvalue weighted by molar-refractivity contribution is 6.30. The molecule has 102 valence electrons. The molecule has 0 amide bonds. The number of fused-ring (bicyclic) bond motifs is 1. The van der Waals surface area contributed by atoms with Gasteiger partial charge in [-0.3, -0.25) is 4.79 Å². The molecule has 0 radical (unpaired) electrons. The summed E-state index contributed by atoms with van der Waals surface area (Å²) in [5.74, 6) is 0.129. The molecule has 20 heavy (non-hydrogen) atoms. The Morgan fingerprint density at radius 3 is 2.65 bits per heavy atom. The van der Waals surface area contributed by atoms with Crippen LogP contribution in [0.25, 0.3) is 0 Å². The van der Waals surface area contributed by atoms with Gasteiger partial charge in [-0.05, 0) is 54.8 Å². The lowest BCUT2D eigenvalue weighted by Crippen LogP contribution is -2.19. The molecule has 0 N–H and O–H groups in total. The van der Waals surface area contributed by atoms with Gasteiger partial charge in [0.25, 0.3) is 0 Å². The Hall–Kier alpha value is -1.80. The summed E-state index contributed by atoms with van der Waals surface area (Å²) in [5, 5.41) is 0.765. The molecule has 3 heteroatoms. The zero-order chi connectivity index (χ0) is 14.1. The zero-order valence-corrected chi connectivity index (χ0v) is 12.2.